The Kier molecular flexibility index (Phi) is 9.29. The van der Waals surface area contributed by atoms with Crippen LogP contribution in [0.3, 0.4) is 0 Å². The van der Waals surface area contributed by atoms with Crippen LogP contribution in [0.5, 0.6) is 0 Å². The number of hydrogen-bond acceptors (Lipinski definition) is 4. The van der Waals surface area contributed by atoms with Gasteiger partial charge in [0.25, 0.3) is 0 Å². The second-order valence-corrected chi connectivity index (χ2v) is 9.61. The first-order chi connectivity index (χ1) is 15.9. The monoisotopic (exact) mass is 465 g/mol. The van der Waals surface area contributed by atoms with Crippen LogP contribution in [0.2, 0.25) is 0 Å². The average Bonchev–Trinajstić information content (AvgIpc) is 3.43. The summed E-state index contributed by atoms with van der Waals surface area (Å²) in [5.74, 6) is 5.58. The molecule has 1 aliphatic rings. The van der Waals surface area contributed by atoms with Crippen molar-refractivity contribution in [2.75, 3.05) is 6.54 Å². The number of aryl methyl sites for hydroxylation is 1. The van der Waals surface area contributed by atoms with Crippen molar-refractivity contribution in [3.63, 3.8) is 0 Å². The van der Waals surface area contributed by atoms with Crippen molar-refractivity contribution in [1.29, 1.82) is 0 Å². The predicted molar refractivity (Wildman–Crippen MR) is 131 cm³/mol. The van der Waals surface area contributed by atoms with E-state index in [0.717, 1.165) is 24.1 Å². The lowest BCUT2D eigenvalue weighted by Crippen LogP contribution is -2.33. The summed E-state index contributed by atoms with van der Waals surface area (Å²) in [6.07, 6.45) is 7.30. The summed E-state index contributed by atoms with van der Waals surface area (Å²) in [6.45, 7) is 2.61. The Morgan fingerprint density at radius 2 is 2.03 bits per heavy atom. The number of amides is 1. The first kappa shape index (κ1) is 24.8. The lowest BCUT2D eigenvalue weighted by Gasteiger charge is -2.23. The minimum absolute atomic E-state index is 0.00133. The van der Waals surface area contributed by atoms with Crippen molar-refractivity contribution in [2.24, 2.45) is 5.92 Å². The van der Waals surface area contributed by atoms with Crippen LogP contribution in [0, 0.1) is 17.8 Å². The molecule has 1 saturated heterocycles. The molecule has 0 spiro atoms. The normalized spacial score (nSPS) is 17.7. The predicted octanol–water partition coefficient (Wildman–Crippen LogP) is 4.56. The largest absolute Gasteiger partial charge is 0.477 e. The molecule has 0 saturated carbocycles. The zero-order valence-corrected chi connectivity index (χ0v) is 19.8. The molecule has 2 N–H and O–H groups in total. The number of carbonyl (C=O) groups is 2. The number of thiophene rings is 1. The number of carbonyl (C=O) groups excluding carboxylic acids is 1. The topological polar surface area (TPSA) is 77.8 Å². The molecule has 1 aromatic heterocycles. The van der Waals surface area contributed by atoms with E-state index in [1.165, 1.54) is 16.9 Å². The number of likely N-dealkylation sites (tertiary alicyclic amines) is 1. The first-order valence-electron chi connectivity index (χ1n) is 11.4. The van der Waals surface area contributed by atoms with Gasteiger partial charge in [-0.15, -0.1) is 17.3 Å². The molecule has 0 radical (unpaired) electrons. The van der Waals surface area contributed by atoms with E-state index in [9.17, 15) is 14.7 Å². The Morgan fingerprint density at radius 3 is 2.76 bits per heavy atom. The molecule has 1 aliphatic heterocycles. The van der Waals surface area contributed by atoms with Gasteiger partial charge in [0.1, 0.15) is 4.88 Å². The lowest BCUT2D eigenvalue weighted by atomic mass is 9.99. The number of carboxylic acid groups (broad SMARTS) is 1. The van der Waals surface area contributed by atoms with Gasteiger partial charge in [0.15, 0.2) is 0 Å². The summed E-state index contributed by atoms with van der Waals surface area (Å²) in [7, 11) is 0. The van der Waals surface area contributed by atoms with Gasteiger partial charge in [-0.25, -0.2) is 4.79 Å². The van der Waals surface area contributed by atoms with Gasteiger partial charge in [-0.1, -0.05) is 55.3 Å². The van der Waals surface area contributed by atoms with Gasteiger partial charge >= 0.3 is 5.97 Å². The molecule has 0 bridgehead atoms. The molecule has 0 unspecified atom stereocenters. The zero-order chi connectivity index (χ0) is 23.6. The highest BCUT2D eigenvalue weighted by Crippen LogP contribution is 2.23. The molecule has 5 nitrogen and oxygen atoms in total. The third-order valence-corrected chi connectivity index (χ3v) is 7.00. The van der Waals surface area contributed by atoms with Crippen LogP contribution < -0.4 is 0 Å². The molecule has 1 aromatic carbocycles. The second-order valence-electron chi connectivity index (χ2n) is 8.44. The van der Waals surface area contributed by atoms with Crippen molar-refractivity contribution >= 4 is 23.2 Å². The number of benzene rings is 1. The van der Waals surface area contributed by atoms with Crippen LogP contribution in [-0.2, 0) is 17.6 Å². The quantitative estimate of drug-likeness (QED) is 0.398. The van der Waals surface area contributed by atoms with E-state index in [1.807, 2.05) is 42.2 Å². The number of aromatic carboxylic acids is 1. The molecular formula is C27H31NO4S. The van der Waals surface area contributed by atoms with Gasteiger partial charge in [0.05, 0.1) is 12.1 Å². The number of carboxylic acids is 1. The molecule has 3 rings (SSSR count). The minimum Gasteiger partial charge on any atom is -0.477 e. The van der Waals surface area contributed by atoms with Crippen molar-refractivity contribution in [1.82, 2.24) is 4.90 Å². The molecule has 1 fully saturated rings. The molecule has 174 valence electrons. The fourth-order valence-electron chi connectivity index (χ4n) is 3.84. The Bertz CT molecular complexity index is 1020. The molecule has 3 atom stereocenters. The maximum absolute atomic E-state index is 12.3. The number of aliphatic hydroxyl groups is 1. The van der Waals surface area contributed by atoms with Gasteiger partial charge in [-0.05, 0) is 42.9 Å². The van der Waals surface area contributed by atoms with E-state index >= 15 is 0 Å². The van der Waals surface area contributed by atoms with Crippen molar-refractivity contribution in [2.45, 2.75) is 57.6 Å². The van der Waals surface area contributed by atoms with E-state index < -0.39 is 12.1 Å². The highest BCUT2D eigenvalue weighted by Gasteiger charge is 2.28. The number of nitrogens with zero attached hydrogens (tertiary/aromatic N) is 1. The van der Waals surface area contributed by atoms with Gasteiger partial charge in [0.2, 0.25) is 5.91 Å². The second kappa shape index (κ2) is 12.4. The van der Waals surface area contributed by atoms with Crippen LogP contribution in [0.1, 0.15) is 52.7 Å². The summed E-state index contributed by atoms with van der Waals surface area (Å²) in [5, 5.41) is 19.6. The summed E-state index contributed by atoms with van der Waals surface area (Å²) in [4.78, 5) is 26.6. The van der Waals surface area contributed by atoms with Gasteiger partial charge in [0, 0.05) is 30.7 Å². The standard InChI is InChI=1S/C27H31NO4S/c1-20(8-5-6-11-21-9-3-2-4-10-21)24(29)16-13-22-14-18-26(30)28(22)19-7-12-23-15-17-25(33-23)27(31)32/h2-4,9-10,13,15-17,20,22,24,29H,7-8,11-12,14,18-19H2,1H3,(H,31,32)/b16-13+/t20-,22-,24+/m0/s1. The first-order valence-corrected chi connectivity index (χ1v) is 12.2. The summed E-state index contributed by atoms with van der Waals surface area (Å²) >= 11 is 1.29. The Labute approximate surface area is 199 Å². The number of aliphatic hydroxyl groups excluding tert-OH is 1. The lowest BCUT2D eigenvalue weighted by molar-refractivity contribution is -0.128. The highest BCUT2D eigenvalue weighted by molar-refractivity contribution is 7.13. The van der Waals surface area contributed by atoms with Gasteiger partial charge < -0.3 is 15.1 Å². The van der Waals surface area contributed by atoms with Crippen LogP contribution in [0.15, 0.2) is 54.6 Å². The molecule has 0 aliphatic carbocycles. The summed E-state index contributed by atoms with van der Waals surface area (Å²) in [6, 6.07) is 13.6. The average molecular weight is 466 g/mol. The molecule has 2 heterocycles. The molecule has 6 heteroatoms. The summed E-state index contributed by atoms with van der Waals surface area (Å²) < 4.78 is 0. The third-order valence-electron chi connectivity index (χ3n) is 5.87. The molecular weight excluding hydrogens is 434 g/mol. The van der Waals surface area contributed by atoms with E-state index in [2.05, 4.69) is 24.0 Å². The maximum atomic E-state index is 12.3. The smallest absolute Gasteiger partial charge is 0.345 e. The van der Waals surface area contributed by atoms with Crippen molar-refractivity contribution in [3.05, 3.63) is 69.9 Å². The van der Waals surface area contributed by atoms with Crippen LogP contribution >= 0.6 is 11.3 Å². The Balaban J connectivity index is 1.44. The van der Waals surface area contributed by atoms with Crippen molar-refractivity contribution in [3.8, 4) is 11.8 Å². The third kappa shape index (κ3) is 7.59. The number of hydrogen-bond donors (Lipinski definition) is 2. The van der Waals surface area contributed by atoms with Gasteiger partial charge in [-0.3, -0.25) is 4.79 Å². The fourth-order valence-corrected chi connectivity index (χ4v) is 4.73. The Hall–Kier alpha value is -2.88. The van der Waals surface area contributed by atoms with E-state index in [4.69, 9.17) is 5.11 Å². The van der Waals surface area contributed by atoms with Crippen LogP contribution in [-0.4, -0.2) is 45.7 Å². The minimum atomic E-state index is -0.902. The molecule has 33 heavy (non-hydrogen) atoms. The summed E-state index contributed by atoms with van der Waals surface area (Å²) in [5.41, 5.74) is 1.19. The SMILES string of the molecule is C[C@@H](CC#CCc1ccccc1)[C@H](O)/C=C/[C@H]1CCC(=O)N1CCCc1ccc(C(=O)O)s1. The Morgan fingerprint density at radius 1 is 1.24 bits per heavy atom. The zero-order valence-electron chi connectivity index (χ0n) is 18.9. The van der Waals surface area contributed by atoms with E-state index in [0.29, 0.717) is 30.7 Å². The molecule has 2 aromatic rings. The van der Waals surface area contributed by atoms with Crippen LogP contribution in [0.4, 0.5) is 0 Å². The molecule has 1 amide bonds. The highest BCUT2D eigenvalue weighted by atomic mass is 32.1. The van der Waals surface area contributed by atoms with Crippen LogP contribution in [0.25, 0.3) is 0 Å². The number of rotatable bonds is 10. The van der Waals surface area contributed by atoms with E-state index in [-0.39, 0.29) is 17.9 Å². The van der Waals surface area contributed by atoms with E-state index in [1.54, 1.807) is 12.1 Å². The van der Waals surface area contributed by atoms with Gasteiger partial charge in [-0.2, -0.15) is 0 Å². The maximum Gasteiger partial charge on any atom is 0.345 e. The van der Waals surface area contributed by atoms with Crippen molar-refractivity contribution < 1.29 is 19.8 Å². The fraction of sp³-hybridized carbons (Fsp3) is 0.407.